The Kier molecular flexibility index (Phi) is 13.6. The lowest BCUT2D eigenvalue weighted by molar-refractivity contribution is -0.132. The summed E-state index contributed by atoms with van der Waals surface area (Å²) in [6.07, 6.45) is 6.57. The van der Waals surface area contributed by atoms with Gasteiger partial charge in [-0.25, -0.2) is 5.84 Å². The molecule has 0 aliphatic carbocycles. The summed E-state index contributed by atoms with van der Waals surface area (Å²) in [4.78, 5) is 17.8. The van der Waals surface area contributed by atoms with Gasteiger partial charge in [0.1, 0.15) is 0 Å². The molecule has 1 atom stereocenters. The van der Waals surface area contributed by atoms with Crippen molar-refractivity contribution in [3.8, 4) is 0 Å². The lowest BCUT2D eigenvalue weighted by atomic mass is 9.91. The molecular weight excluding hydrogens is 378 g/mol. The van der Waals surface area contributed by atoms with Crippen LogP contribution in [0.3, 0.4) is 0 Å². The van der Waals surface area contributed by atoms with Crippen LogP contribution in [0.4, 0.5) is 0 Å². The molecule has 0 bridgehead atoms. The second-order valence-electron chi connectivity index (χ2n) is 9.07. The molecule has 0 aromatic heterocycles. The van der Waals surface area contributed by atoms with Gasteiger partial charge in [0.05, 0.1) is 6.54 Å². The molecule has 0 aromatic rings. The van der Waals surface area contributed by atoms with Crippen LogP contribution in [0.1, 0.15) is 72.6 Å². The van der Waals surface area contributed by atoms with Crippen LogP contribution in [-0.2, 0) is 4.79 Å². The lowest BCUT2D eigenvalue weighted by Crippen LogP contribution is -2.40. The van der Waals surface area contributed by atoms with Crippen LogP contribution in [0.2, 0.25) is 0 Å². The highest BCUT2D eigenvalue weighted by Gasteiger charge is 2.19. The smallest absolute Gasteiger partial charge is 0.222 e. The molecule has 0 aromatic carbocycles. The van der Waals surface area contributed by atoms with Gasteiger partial charge in [0.25, 0.3) is 0 Å². The minimum absolute atomic E-state index is 0.237. The highest BCUT2D eigenvalue weighted by atomic mass is 16.2. The van der Waals surface area contributed by atoms with E-state index in [-0.39, 0.29) is 11.9 Å². The fourth-order valence-corrected chi connectivity index (χ4v) is 3.24. The van der Waals surface area contributed by atoms with E-state index in [1.165, 1.54) is 0 Å². The number of piperidine rings is 1. The van der Waals surface area contributed by atoms with Crippen molar-refractivity contribution >= 4 is 11.9 Å². The van der Waals surface area contributed by atoms with E-state index in [0.717, 1.165) is 56.5 Å². The number of nitrogens with zero attached hydrogens (tertiary/aromatic N) is 2. The first-order chi connectivity index (χ1) is 14.0. The van der Waals surface area contributed by atoms with Gasteiger partial charge < -0.3 is 21.7 Å². The van der Waals surface area contributed by atoms with Crippen molar-refractivity contribution in [2.24, 2.45) is 27.7 Å². The van der Waals surface area contributed by atoms with Crippen molar-refractivity contribution in [1.82, 2.24) is 15.6 Å². The molecule has 1 heterocycles. The zero-order valence-electron chi connectivity index (χ0n) is 19.6. The number of hydrogen-bond acceptors (Lipinski definition) is 5. The average Bonchev–Trinajstić information content (AvgIpc) is 2.64. The van der Waals surface area contributed by atoms with Crippen LogP contribution in [0.25, 0.3) is 0 Å². The summed E-state index contributed by atoms with van der Waals surface area (Å²) < 4.78 is 0. The first-order valence-corrected chi connectivity index (χ1v) is 10.9. The SMILES string of the molecule is C=C(CN1CCCCC1=O)NC(CC)CCCN=C(N)NN.C=C(N)CC(C)(C)C. The number of allylic oxidation sites excluding steroid dienone is 1. The van der Waals surface area contributed by atoms with Gasteiger partial charge in [0, 0.05) is 36.9 Å². The number of nitrogens with one attached hydrogen (secondary N) is 2. The first kappa shape index (κ1) is 27.8. The van der Waals surface area contributed by atoms with Gasteiger partial charge in [-0.1, -0.05) is 40.9 Å². The van der Waals surface area contributed by atoms with Crippen LogP contribution in [-0.4, -0.2) is 42.4 Å². The molecule has 174 valence electrons. The van der Waals surface area contributed by atoms with E-state index in [2.05, 4.69) is 56.6 Å². The maximum absolute atomic E-state index is 11.8. The molecule has 30 heavy (non-hydrogen) atoms. The summed E-state index contributed by atoms with van der Waals surface area (Å²) >= 11 is 0. The molecule has 1 rings (SSSR count). The highest BCUT2D eigenvalue weighted by Crippen LogP contribution is 2.20. The third-order valence-corrected chi connectivity index (χ3v) is 4.60. The van der Waals surface area contributed by atoms with E-state index in [0.29, 0.717) is 31.0 Å². The number of likely N-dealkylation sites (tertiary alicyclic amines) is 1. The molecular formula is C22H45N7O. The third kappa shape index (κ3) is 14.7. The van der Waals surface area contributed by atoms with Crippen LogP contribution in [0.15, 0.2) is 29.5 Å². The van der Waals surface area contributed by atoms with E-state index in [9.17, 15) is 4.79 Å². The molecule has 0 spiro atoms. The van der Waals surface area contributed by atoms with Crippen LogP contribution < -0.4 is 28.1 Å². The predicted octanol–water partition coefficient (Wildman–Crippen LogP) is 2.33. The Bertz CT molecular complexity index is 566. The molecule has 1 aliphatic rings. The molecule has 1 unspecified atom stereocenters. The maximum atomic E-state index is 11.8. The average molecular weight is 424 g/mol. The van der Waals surface area contributed by atoms with Crippen molar-refractivity contribution in [3.63, 3.8) is 0 Å². The zero-order valence-corrected chi connectivity index (χ0v) is 19.6. The Morgan fingerprint density at radius 3 is 2.40 bits per heavy atom. The van der Waals surface area contributed by atoms with Gasteiger partial charge in [-0.05, 0) is 43.9 Å². The fraction of sp³-hybridized carbons (Fsp3) is 0.727. The van der Waals surface area contributed by atoms with E-state index >= 15 is 0 Å². The van der Waals surface area contributed by atoms with Crippen molar-refractivity contribution < 1.29 is 4.79 Å². The van der Waals surface area contributed by atoms with Crippen LogP contribution in [0.5, 0.6) is 0 Å². The predicted molar refractivity (Wildman–Crippen MR) is 127 cm³/mol. The molecule has 0 saturated carbocycles. The van der Waals surface area contributed by atoms with Crippen molar-refractivity contribution in [1.29, 1.82) is 0 Å². The molecule has 1 fully saturated rings. The number of carbonyl (C=O) groups excluding carboxylic acids is 1. The van der Waals surface area contributed by atoms with Gasteiger partial charge in [0.15, 0.2) is 0 Å². The van der Waals surface area contributed by atoms with Crippen molar-refractivity contribution in [2.45, 2.75) is 78.7 Å². The van der Waals surface area contributed by atoms with Gasteiger partial charge >= 0.3 is 0 Å². The third-order valence-electron chi connectivity index (χ3n) is 4.60. The molecule has 0 radical (unpaired) electrons. The molecule has 8 N–H and O–H groups in total. The second-order valence-corrected chi connectivity index (χ2v) is 9.07. The van der Waals surface area contributed by atoms with Crippen LogP contribution >= 0.6 is 0 Å². The Balaban J connectivity index is 0.000000890. The van der Waals surface area contributed by atoms with Gasteiger partial charge in [0.2, 0.25) is 11.9 Å². The number of rotatable bonds is 10. The summed E-state index contributed by atoms with van der Waals surface area (Å²) in [6.45, 7) is 18.3. The number of hydrazine groups is 1. The first-order valence-electron chi connectivity index (χ1n) is 10.9. The molecule has 1 aliphatic heterocycles. The number of hydrogen-bond donors (Lipinski definition) is 5. The van der Waals surface area contributed by atoms with Gasteiger partial charge in [-0.15, -0.1) is 0 Å². The van der Waals surface area contributed by atoms with E-state index in [1.54, 1.807) is 0 Å². The second kappa shape index (κ2) is 14.7. The summed E-state index contributed by atoms with van der Waals surface area (Å²) in [5, 5.41) is 3.43. The number of aliphatic imine (C=N–C) groups is 1. The Labute approximate surface area is 183 Å². The zero-order chi connectivity index (χ0) is 23.2. The summed E-state index contributed by atoms with van der Waals surface area (Å²) in [7, 11) is 0. The highest BCUT2D eigenvalue weighted by molar-refractivity contribution is 5.77. The van der Waals surface area contributed by atoms with Gasteiger partial charge in [-0.2, -0.15) is 0 Å². The largest absolute Gasteiger partial charge is 0.402 e. The molecule has 8 nitrogen and oxygen atoms in total. The normalized spacial score (nSPS) is 15.7. The molecule has 8 heteroatoms. The number of nitrogens with two attached hydrogens (primary N) is 3. The summed E-state index contributed by atoms with van der Waals surface area (Å²) in [5.41, 5.74) is 15.1. The topological polar surface area (TPSA) is 135 Å². The van der Waals surface area contributed by atoms with Crippen LogP contribution in [0, 0.1) is 5.41 Å². The Morgan fingerprint density at radius 1 is 1.27 bits per heavy atom. The standard InChI is InChI=1S/C15H30N6O.C7H15N/c1-3-13(7-6-9-18-15(16)20-17)19-12(2)11-21-10-5-4-8-14(21)22;1-6(8)5-7(2,3)4/h13,19H,2-11,17H2,1H3,(H3,16,18,20);1,5,8H2,2-4H3. The van der Waals surface area contributed by atoms with E-state index in [4.69, 9.17) is 17.3 Å². The number of carbonyl (C=O) groups is 1. The Morgan fingerprint density at radius 2 is 1.93 bits per heavy atom. The summed E-state index contributed by atoms with van der Waals surface area (Å²) in [6, 6.07) is 0.342. The number of amides is 1. The fourth-order valence-electron chi connectivity index (χ4n) is 3.24. The molecule has 1 saturated heterocycles. The minimum Gasteiger partial charge on any atom is -0.402 e. The van der Waals surface area contributed by atoms with E-state index in [1.807, 2.05) is 4.90 Å². The Hall–Kier alpha value is -2.22. The number of guanidine groups is 1. The minimum atomic E-state index is 0.237. The maximum Gasteiger partial charge on any atom is 0.222 e. The quantitative estimate of drug-likeness (QED) is 0.120. The summed E-state index contributed by atoms with van der Waals surface area (Å²) in [5.74, 6) is 5.64. The lowest BCUT2D eigenvalue weighted by Gasteiger charge is -2.29. The van der Waals surface area contributed by atoms with Crippen molar-refractivity contribution in [2.75, 3.05) is 19.6 Å². The monoisotopic (exact) mass is 423 g/mol. The van der Waals surface area contributed by atoms with E-state index < -0.39 is 0 Å². The molecule has 1 amide bonds. The van der Waals surface area contributed by atoms with Gasteiger partial charge in [-0.3, -0.25) is 15.2 Å². The van der Waals surface area contributed by atoms with Crippen molar-refractivity contribution in [3.05, 3.63) is 24.6 Å².